The lowest BCUT2D eigenvalue weighted by molar-refractivity contribution is -0.137. The van der Waals surface area contributed by atoms with Crippen LogP contribution in [0.15, 0.2) is 24.3 Å². The Balaban J connectivity index is 2.14. The molecule has 1 fully saturated rings. The van der Waals surface area contributed by atoms with Gasteiger partial charge < -0.3 is 9.84 Å². The summed E-state index contributed by atoms with van der Waals surface area (Å²) in [5.41, 5.74) is 1.59. The summed E-state index contributed by atoms with van der Waals surface area (Å²) in [6.07, 6.45) is 0.0385. The summed E-state index contributed by atoms with van der Waals surface area (Å²) in [5, 5.41) is 8.82. The Labute approximate surface area is 118 Å². The zero-order valence-corrected chi connectivity index (χ0v) is 11.8. The number of carboxylic acids is 1. The number of rotatable bonds is 5. The number of aliphatic carboxylic acids is 1. The van der Waals surface area contributed by atoms with E-state index in [2.05, 4.69) is 0 Å². The van der Waals surface area contributed by atoms with Crippen LogP contribution in [0.4, 0.5) is 4.79 Å². The zero-order valence-electron chi connectivity index (χ0n) is 11.8. The average Bonchev–Trinajstić information content (AvgIpc) is 2.66. The third-order valence-electron chi connectivity index (χ3n) is 3.68. The van der Waals surface area contributed by atoms with Crippen LogP contribution in [0.5, 0.6) is 0 Å². The number of aryl methyl sites for hydroxylation is 1. The molecule has 5 heteroatoms. The topological polar surface area (TPSA) is 66.8 Å². The van der Waals surface area contributed by atoms with Crippen LogP contribution in [0.1, 0.15) is 30.9 Å². The summed E-state index contributed by atoms with van der Waals surface area (Å²) < 4.78 is 5.11. The van der Waals surface area contributed by atoms with E-state index in [1.165, 1.54) is 0 Å². The summed E-state index contributed by atoms with van der Waals surface area (Å²) in [5.74, 6) is -0.860. The van der Waals surface area contributed by atoms with E-state index < -0.39 is 11.5 Å². The number of hydrogen-bond donors (Lipinski definition) is 1. The van der Waals surface area contributed by atoms with Crippen molar-refractivity contribution in [3.05, 3.63) is 35.4 Å². The van der Waals surface area contributed by atoms with E-state index in [-0.39, 0.29) is 19.1 Å². The molecular weight excluding hydrogens is 258 g/mol. The first-order chi connectivity index (χ1) is 9.40. The first kappa shape index (κ1) is 14.4. The van der Waals surface area contributed by atoms with E-state index in [9.17, 15) is 9.59 Å². The molecule has 0 bridgehead atoms. The van der Waals surface area contributed by atoms with Gasteiger partial charge in [0.1, 0.15) is 6.61 Å². The Hall–Kier alpha value is -2.04. The van der Waals surface area contributed by atoms with Gasteiger partial charge in [0.2, 0.25) is 0 Å². The van der Waals surface area contributed by atoms with Crippen LogP contribution >= 0.6 is 0 Å². The van der Waals surface area contributed by atoms with E-state index in [0.717, 1.165) is 11.1 Å². The monoisotopic (exact) mass is 277 g/mol. The molecule has 1 unspecified atom stereocenters. The van der Waals surface area contributed by atoms with Crippen LogP contribution in [-0.2, 0) is 16.1 Å². The molecule has 5 nitrogen and oxygen atoms in total. The number of cyclic esters (lactones) is 1. The fourth-order valence-corrected chi connectivity index (χ4v) is 2.43. The second-order valence-corrected chi connectivity index (χ2v) is 5.52. The van der Waals surface area contributed by atoms with Crippen molar-refractivity contribution in [1.29, 1.82) is 0 Å². The highest BCUT2D eigenvalue weighted by Gasteiger charge is 2.43. The lowest BCUT2D eigenvalue weighted by Gasteiger charge is -2.31. The third kappa shape index (κ3) is 3.10. The number of carbonyl (C=O) groups excluding carboxylic acids is 1. The predicted molar refractivity (Wildman–Crippen MR) is 73.3 cm³/mol. The first-order valence-electron chi connectivity index (χ1n) is 6.62. The van der Waals surface area contributed by atoms with Crippen LogP contribution < -0.4 is 0 Å². The number of hydrogen-bond acceptors (Lipinski definition) is 3. The van der Waals surface area contributed by atoms with E-state index in [0.29, 0.717) is 13.0 Å². The van der Waals surface area contributed by atoms with E-state index in [1.54, 1.807) is 4.90 Å². The predicted octanol–water partition coefficient (Wildman–Crippen LogP) is 2.57. The fourth-order valence-electron chi connectivity index (χ4n) is 2.43. The van der Waals surface area contributed by atoms with E-state index in [4.69, 9.17) is 9.84 Å². The number of ether oxygens (including phenoxy) is 1. The van der Waals surface area contributed by atoms with Gasteiger partial charge in [-0.3, -0.25) is 9.69 Å². The van der Waals surface area contributed by atoms with Crippen molar-refractivity contribution in [1.82, 2.24) is 4.90 Å². The number of nitrogens with zero attached hydrogens (tertiary/aromatic N) is 1. The molecule has 0 aliphatic carbocycles. The number of carboxylic acid groups (broad SMARTS) is 1. The van der Waals surface area contributed by atoms with Gasteiger partial charge in [0.05, 0.1) is 5.54 Å². The van der Waals surface area contributed by atoms with Gasteiger partial charge in [0.25, 0.3) is 0 Å². The van der Waals surface area contributed by atoms with Crippen LogP contribution in [0.2, 0.25) is 0 Å². The molecule has 0 spiro atoms. The van der Waals surface area contributed by atoms with E-state index >= 15 is 0 Å². The van der Waals surface area contributed by atoms with Crippen LogP contribution in [-0.4, -0.2) is 34.2 Å². The summed E-state index contributed by atoms with van der Waals surface area (Å²) in [4.78, 5) is 24.3. The van der Waals surface area contributed by atoms with Crippen LogP contribution in [0.3, 0.4) is 0 Å². The van der Waals surface area contributed by atoms with Crippen molar-refractivity contribution in [2.75, 3.05) is 6.61 Å². The Kier molecular flexibility index (Phi) is 3.97. The van der Waals surface area contributed by atoms with Crippen molar-refractivity contribution in [3.63, 3.8) is 0 Å². The Bertz CT molecular complexity index is 528. The third-order valence-corrected chi connectivity index (χ3v) is 3.68. The van der Waals surface area contributed by atoms with Crippen molar-refractivity contribution < 1.29 is 19.4 Å². The van der Waals surface area contributed by atoms with Crippen molar-refractivity contribution in [2.45, 2.75) is 38.8 Å². The lowest BCUT2D eigenvalue weighted by atomic mass is 9.95. The summed E-state index contributed by atoms with van der Waals surface area (Å²) >= 11 is 0. The van der Waals surface area contributed by atoms with Crippen molar-refractivity contribution in [2.24, 2.45) is 0 Å². The van der Waals surface area contributed by atoms with Gasteiger partial charge in [0, 0.05) is 13.0 Å². The van der Waals surface area contributed by atoms with Gasteiger partial charge in [0.15, 0.2) is 0 Å². The standard InChI is InChI=1S/C15H19NO4/c1-11-4-3-5-12(8-11)9-16-14(19)20-10-15(16,2)7-6-13(17)18/h3-5,8H,6-7,9-10H2,1-2H3,(H,17,18). The molecule has 1 aliphatic heterocycles. The summed E-state index contributed by atoms with van der Waals surface area (Å²) in [6.45, 7) is 4.55. The molecular formula is C15H19NO4. The van der Waals surface area contributed by atoms with Gasteiger partial charge in [-0.15, -0.1) is 0 Å². The van der Waals surface area contributed by atoms with Gasteiger partial charge in [-0.2, -0.15) is 0 Å². The summed E-state index contributed by atoms with van der Waals surface area (Å²) in [7, 11) is 0. The quantitative estimate of drug-likeness (QED) is 0.898. The second kappa shape index (κ2) is 5.53. The summed E-state index contributed by atoms with van der Waals surface area (Å²) in [6, 6.07) is 7.91. The minimum Gasteiger partial charge on any atom is -0.481 e. The van der Waals surface area contributed by atoms with Gasteiger partial charge >= 0.3 is 12.1 Å². The minimum absolute atomic E-state index is 0.0253. The van der Waals surface area contributed by atoms with Crippen LogP contribution in [0.25, 0.3) is 0 Å². The van der Waals surface area contributed by atoms with Gasteiger partial charge in [-0.25, -0.2) is 4.79 Å². The molecule has 0 saturated carbocycles. The van der Waals surface area contributed by atoms with Gasteiger partial charge in [-0.05, 0) is 25.8 Å². The van der Waals surface area contributed by atoms with Crippen LogP contribution in [0, 0.1) is 6.92 Å². The highest BCUT2D eigenvalue weighted by molar-refractivity contribution is 5.72. The van der Waals surface area contributed by atoms with Gasteiger partial charge in [-0.1, -0.05) is 29.8 Å². The maximum atomic E-state index is 11.9. The Morgan fingerprint density at radius 2 is 2.25 bits per heavy atom. The molecule has 0 aromatic heterocycles. The minimum atomic E-state index is -0.860. The molecule has 2 rings (SSSR count). The molecule has 20 heavy (non-hydrogen) atoms. The molecule has 1 aliphatic rings. The maximum absolute atomic E-state index is 11.9. The number of amides is 1. The molecule has 1 amide bonds. The Morgan fingerprint density at radius 1 is 1.50 bits per heavy atom. The highest BCUT2D eigenvalue weighted by atomic mass is 16.6. The highest BCUT2D eigenvalue weighted by Crippen LogP contribution is 2.30. The molecule has 1 aromatic carbocycles. The lowest BCUT2D eigenvalue weighted by Crippen LogP contribution is -2.44. The SMILES string of the molecule is Cc1cccc(CN2C(=O)OCC2(C)CCC(=O)O)c1. The number of carbonyl (C=O) groups is 2. The molecule has 108 valence electrons. The maximum Gasteiger partial charge on any atom is 0.410 e. The molecule has 1 saturated heterocycles. The largest absolute Gasteiger partial charge is 0.481 e. The smallest absolute Gasteiger partial charge is 0.410 e. The van der Waals surface area contributed by atoms with Crippen molar-refractivity contribution in [3.8, 4) is 0 Å². The molecule has 1 N–H and O–H groups in total. The normalized spacial score (nSPS) is 21.9. The fraction of sp³-hybridized carbons (Fsp3) is 0.467. The molecule has 1 aromatic rings. The van der Waals surface area contributed by atoms with Crippen molar-refractivity contribution >= 4 is 12.1 Å². The molecule has 1 heterocycles. The number of benzene rings is 1. The zero-order chi connectivity index (χ0) is 14.8. The molecule has 1 atom stereocenters. The average molecular weight is 277 g/mol. The Morgan fingerprint density at radius 3 is 2.90 bits per heavy atom. The first-order valence-corrected chi connectivity index (χ1v) is 6.62. The molecule has 0 radical (unpaired) electrons. The van der Waals surface area contributed by atoms with E-state index in [1.807, 2.05) is 38.1 Å². The second-order valence-electron chi connectivity index (χ2n) is 5.52.